The maximum Gasteiger partial charge on any atom is 0.137 e. The van der Waals surface area contributed by atoms with Crippen LogP contribution in [0, 0.1) is 0 Å². The summed E-state index contributed by atoms with van der Waals surface area (Å²) in [6.45, 7) is 1.25. The molecule has 1 aromatic heterocycles. The zero-order chi connectivity index (χ0) is 14.5. The highest BCUT2D eigenvalue weighted by atomic mass is 79.9. The summed E-state index contributed by atoms with van der Waals surface area (Å²) < 4.78 is 6.71. The van der Waals surface area contributed by atoms with Crippen molar-refractivity contribution in [1.29, 1.82) is 0 Å². The summed E-state index contributed by atoms with van der Waals surface area (Å²) in [5.74, 6) is 1.69. The van der Waals surface area contributed by atoms with E-state index in [1.165, 1.54) is 0 Å². The van der Waals surface area contributed by atoms with E-state index in [1.54, 1.807) is 6.33 Å². The van der Waals surface area contributed by atoms with Crippen LogP contribution < -0.4 is 10.1 Å². The van der Waals surface area contributed by atoms with E-state index in [0.29, 0.717) is 13.2 Å². The Bertz CT molecular complexity index is 726. The minimum absolute atomic E-state index is 0.569. The maximum atomic E-state index is 5.67. The molecule has 0 aliphatic carbocycles. The molecule has 0 bridgehead atoms. The van der Waals surface area contributed by atoms with Crippen LogP contribution in [0.1, 0.15) is 0 Å². The SMILES string of the molecule is Brc1ccc(OCCNc2ncnc3ccccc23)cc1. The van der Waals surface area contributed by atoms with Crippen molar-refractivity contribution >= 4 is 32.7 Å². The van der Waals surface area contributed by atoms with Crippen LogP contribution >= 0.6 is 15.9 Å². The van der Waals surface area contributed by atoms with Crippen molar-refractivity contribution in [1.82, 2.24) is 9.97 Å². The fraction of sp³-hybridized carbons (Fsp3) is 0.125. The molecular formula is C16H14BrN3O. The Morgan fingerprint density at radius 3 is 2.67 bits per heavy atom. The Morgan fingerprint density at radius 1 is 1.00 bits per heavy atom. The first-order valence-electron chi connectivity index (χ1n) is 6.65. The Hall–Kier alpha value is -2.14. The largest absolute Gasteiger partial charge is 0.492 e. The molecule has 0 aliphatic heterocycles. The van der Waals surface area contributed by atoms with Crippen LogP contribution in [0.5, 0.6) is 5.75 Å². The number of halogens is 1. The van der Waals surface area contributed by atoms with E-state index < -0.39 is 0 Å². The van der Waals surface area contributed by atoms with Gasteiger partial charge in [0.15, 0.2) is 0 Å². The molecule has 0 aliphatic rings. The maximum absolute atomic E-state index is 5.67. The molecule has 21 heavy (non-hydrogen) atoms. The second kappa shape index (κ2) is 6.54. The molecular weight excluding hydrogens is 330 g/mol. The average molecular weight is 344 g/mol. The number of nitrogens with zero attached hydrogens (tertiary/aromatic N) is 2. The highest BCUT2D eigenvalue weighted by Gasteiger charge is 2.01. The highest BCUT2D eigenvalue weighted by molar-refractivity contribution is 9.10. The van der Waals surface area contributed by atoms with Crippen molar-refractivity contribution < 1.29 is 4.74 Å². The summed E-state index contributed by atoms with van der Waals surface area (Å²) in [5, 5.41) is 4.30. The number of para-hydroxylation sites is 1. The van der Waals surface area contributed by atoms with Crippen LogP contribution in [0.25, 0.3) is 10.9 Å². The summed E-state index contributed by atoms with van der Waals surface area (Å²) in [7, 11) is 0. The van der Waals surface area contributed by atoms with Crippen LogP contribution in [-0.2, 0) is 0 Å². The predicted molar refractivity (Wildman–Crippen MR) is 87.7 cm³/mol. The third-order valence-electron chi connectivity index (χ3n) is 3.02. The highest BCUT2D eigenvalue weighted by Crippen LogP contribution is 2.18. The molecule has 3 rings (SSSR count). The van der Waals surface area contributed by atoms with Gasteiger partial charge in [-0.2, -0.15) is 0 Å². The third-order valence-corrected chi connectivity index (χ3v) is 3.55. The first-order valence-corrected chi connectivity index (χ1v) is 7.44. The number of rotatable bonds is 5. The van der Waals surface area contributed by atoms with E-state index in [-0.39, 0.29) is 0 Å². The Morgan fingerprint density at radius 2 is 1.81 bits per heavy atom. The molecule has 0 saturated heterocycles. The minimum Gasteiger partial charge on any atom is -0.492 e. The van der Waals surface area contributed by atoms with Crippen LogP contribution in [-0.4, -0.2) is 23.1 Å². The number of hydrogen-bond donors (Lipinski definition) is 1. The number of nitrogens with one attached hydrogen (secondary N) is 1. The number of anilines is 1. The van der Waals surface area contributed by atoms with Gasteiger partial charge in [0, 0.05) is 9.86 Å². The molecule has 1 N–H and O–H groups in total. The lowest BCUT2D eigenvalue weighted by Crippen LogP contribution is -2.12. The minimum atomic E-state index is 0.569. The molecule has 1 heterocycles. The van der Waals surface area contributed by atoms with Gasteiger partial charge in [-0.05, 0) is 36.4 Å². The molecule has 0 fully saturated rings. The fourth-order valence-electron chi connectivity index (χ4n) is 2.01. The fourth-order valence-corrected chi connectivity index (χ4v) is 2.28. The summed E-state index contributed by atoms with van der Waals surface area (Å²) in [4.78, 5) is 8.52. The number of benzene rings is 2. The smallest absolute Gasteiger partial charge is 0.137 e. The molecule has 4 nitrogen and oxygen atoms in total. The van der Waals surface area contributed by atoms with Crippen LogP contribution in [0.2, 0.25) is 0 Å². The third kappa shape index (κ3) is 3.49. The number of aromatic nitrogens is 2. The molecule has 0 radical (unpaired) electrons. The van der Waals surface area contributed by atoms with Crippen molar-refractivity contribution in [3.63, 3.8) is 0 Å². The zero-order valence-corrected chi connectivity index (χ0v) is 12.9. The summed E-state index contributed by atoms with van der Waals surface area (Å²) in [5.41, 5.74) is 0.934. The number of hydrogen-bond acceptors (Lipinski definition) is 4. The average Bonchev–Trinajstić information content (AvgIpc) is 2.53. The van der Waals surface area contributed by atoms with Crippen molar-refractivity contribution in [3.05, 3.63) is 59.3 Å². The number of fused-ring (bicyclic) bond motifs is 1. The molecule has 0 amide bonds. The molecule has 106 valence electrons. The molecule has 5 heteroatoms. The second-order valence-corrected chi connectivity index (χ2v) is 5.38. The van der Waals surface area contributed by atoms with Gasteiger partial charge in [-0.15, -0.1) is 0 Å². The molecule has 0 atom stereocenters. The van der Waals surface area contributed by atoms with Crippen molar-refractivity contribution in [2.75, 3.05) is 18.5 Å². The number of ether oxygens (including phenoxy) is 1. The molecule has 0 unspecified atom stereocenters. The van der Waals surface area contributed by atoms with Crippen molar-refractivity contribution in [2.45, 2.75) is 0 Å². The first kappa shape index (κ1) is 13.8. The van der Waals surface area contributed by atoms with Crippen LogP contribution in [0.4, 0.5) is 5.82 Å². The molecule has 0 spiro atoms. The lowest BCUT2D eigenvalue weighted by Gasteiger charge is -2.09. The van der Waals surface area contributed by atoms with Crippen LogP contribution in [0.15, 0.2) is 59.3 Å². The van der Waals surface area contributed by atoms with Crippen molar-refractivity contribution in [2.24, 2.45) is 0 Å². The van der Waals surface area contributed by atoms with E-state index in [0.717, 1.165) is 26.9 Å². The van der Waals surface area contributed by atoms with Gasteiger partial charge in [-0.1, -0.05) is 28.1 Å². The van der Waals surface area contributed by atoms with Gasteiger partial charge in [-0.25, -0.2) is 9.97 Å². The van der Waals surface area contributed by atoms with Gasteiger partial charge >= 0.3 is 0 Å². The molecule has 3 aromatic rings. The van der Waals surface area contributed by atoms with Crippen molar-refractivity contribution in [3.8, 4) is 5.75 Å². The Labute approximate surface area is 131 Å². The van der Waals surface area contributed by atoms with E-state index in [4.69, 9.17) is 4.74 Å². The summed E-state index contributed by atoms with van der Waals surface area (Å²) >= 11 is 3.40. The van der Waals surface area contributed by atoms with Gasteiger partial charge in [0.2, 0.25) is 0 Å². The Balaban J connectivity index is 1.58. The quantitative estimate of drug-likeness (QED) is 0.714. The molecule has 2 aromatic carbocycles. The van der Waals surface area contributed by atoms with Crippen LogP contribution in [0.3, 0.4) is 0 Å². The van der Waals surface area contributed by atoms with E-state index in [9.17, 15) is 0 Å². The second-order valence-electron chi connectivity index (χ2n) is 4.47. The lowest BCUT2D eigenvalue weighted by molar-refractivity contribution is 0.333. The van der Waals surface area contributed by atoms with Gasteiger partial charge < -0.3 is 10.1 Å². The van der Waals surface area contributed by atoms with Gasteiger partial charge in [-0.3, -0.25) is 0 Å². The van der Waals surface area contributed by atoms with Gasteiger partial charge in [0.25, 0.3) is 0 Å². The van der Waals surface area contributed by atoms with Gasteiger partial charge in [0.05, 0.1) is 12.1 Å². The lowest BCUT2D eigenvalue weighted by atomic mass is 10.2. The topological polar surface area (TPSA) is 47.0 Å². The summed E-state index contributed by atoms with van der Waals surface area (Å²) in [6.07, 6.45) is 1.57. The predicted octanol–water partition coefficient (Wildman–Crippen LogP) is 3.88. The van der Waals surface area contributed by atoms with Gasteiger partial charge in [0.1, 0.15) is 24.5 Å². The normalized spacial score (nSPS) is 10.5. The van der Waals surface area contributed by atoms with E-state index >= 15 is 0 Å². The van der Waals surface area contributed by atoms with E-state index in [1.807, 2.05) is 48.5 Å². The Kier molecular flexibility index (Phi) is 4.31. The summed E-state index contributed by atoms with van der Waals surface area (Å²) in [6, 6.07) is 15.7. The standard InChI is InChI=1S/C16H14BrN3O/c17-12-5-7-13(8-6-12)21-10-9-18-16-14-3-1-2-4-15(14)19-11-20-16/h1-8,11H,9-10H2,(H,18,19,20). The monoisotopic (exact) mass is 343 g/mol. The zero-order valence-electron chi connectivity index (χ0n) is 11.3. The first-order chi connectivity index (χ1) is 10.3. The molecule has 0 saturated carbocycles. The van der Waals surface area contributed by atoms with E-state index in [2.05, 4.69) is 31.2 Å².